The van der Waals surface area contributed by atoms with Crippen LogP contribution in [0.1, 0.15) is 30.9 Å². The van der Waals surface area contributed by atoms with Crippen molar-refractivity contribution in [1.82, 2.24) is 19.7 Å². The van der Waals surface area contributed by atoms with Crippen LogP contribution < -0.4 is 5.32 Å². The number of hydrogen-bond donors (Lipinski definition) is 1. The number of nitrogens with one attached hydrogen (secondary N) is 1. The number of anilines is 1. The fraction of sp³-hybridized carbons (Fsp3) is 0.350. The highest BCUT2D eigenvalue weighted by atomic mass is 16.2. The molecule has 0 saturated carbocycles. The fourth-order valence-electron chi connectivity index (χ4n) is 3.75. The van der Waals surface area contributed by atoms with Crippen molar-refractivity contribution in [2.24, 2.45) is 0 Å². The summed E-state index contributed by atoms with van der Waals surface area (Å²) >= 11 is 0. The molecular formula is C20H23N5O. The Morgan fingerprint density at radius 1 is 1.31 bits per heavy atom. The third kappa shape index (κ3) is 3.14. The molecule has 0 aliphatic carbocycles. The molecule has 1 saturated heterocycles. The van der Waals surface area contributed by atoms with E-state index < -0.39 is 0 Å². The molecule has 0 bridgehead atoms. The zero-order valence-corrected chi connectivity index (χ0v) is 14.9. The second-order valence-corrected chi connectivity index (χ2v) is 6.65. The van der Waals surface area contributed by atoms with Crippen LogP contribution in [0.25, 0.3) is 10.9 Å². The van der Waals surface area contributed by atoms with Gasteiger partial charge in [-0.15, -0.1) is 0 Å². The van der Waals surface area contributed by atoms with Gasteiger partial charge >= 0.3 is 0 Å². The summed E-state index contributed by atoms with van der Waals surface area (Å²) in [4.78, 5) is 19.2. The quantitative estimate of drug-likeness (QED) is 0.768. The van der Waals surface area contributed by atoms with Crippen molar-refractivity contribution >= 4 is 22.6 Å². The Labute approximate surface area is 152 Å². The summed E-state index contributed by atoms with van der Waals surface area (Å²) in [6.45, 7) is 1.42. The number of para-hydroxylation sites is 1. The number of rotatable bonds is 5. The normalized spacial score (nSPS) is 17.0. The standard InChI is InChI=1S/C20H23N5O/c1-21-19-13-15(8-10-22-19)17-7-4-11-24(17)20(26)9-12-25-18-6-3-2-5-16(18)14-23-25/h2-3,5-6,8,10,13-14,17H,4,7,9,11-12H2,1H3,(H,21,22). The highest BCUT2D eigenvalue weighted by Gasteiger charge is 2.29. The lowest BCUT2D eigenvalue weighted by molar-refractivity contribution is -0.132. The van der Waals surface area contributed by atoms with Gasteiger partial charge in [0.25, 0.3) is 0 Å². The van der Waals surface area contributed by atoms with Crippen LogP contribution in [0.2, 0.25) is 0 Å². The number of carbonyl (C=O) groups is 1. The van der Waals surface area contributed by atoms with Crippen molar-refractivity contribution in [2.75, 3.05) is 18.9 Å². The number of benzene rings is 1. The second kappa shape index (κ2) is 7.15. The molecular weight excluding hydrogens is 326 g/mol. The fourth-order valence-corrected chi connectivity index (χ4v) is 3.75. The van der Waals surface area contributed by atoms with E-state index >= 15 is 0 Å². The average Bonchev–Trinajstić information content (AvgIpc) is 3.33. The maximum absolute atomic E-state index is 12.9. The monoisotopic (exact) mass is 349 g/mol. The minimum atomic E-state index is 0.145. The van der Waals surface area contributed by atoms with Gasteiger partial charge in [0, 0.05) is 31.6 Å². The Morgan fingerprint density at radius 3 is 3.08 bits per heavy atom. The molecule has 6 heteroatoms. The van der Waals surface area contributed by atoms with E-state index in [-0.39, 0.29) is 11.9 Å². The van der Waals surface area contributed by atoms with Crippen LogP contribution in [0.5, 0.6) is 0 Å². The number of aromatic nitrogens is 3. The first kappa shape index (κ1) is 16.6. The molecule has 4 rings (SSSR count). The summed E-state index contributed by atoms with van der Waals surface area (Å²) in [5.41, 5.74) is 2.23. The molecule has 6 nitrogen and oxygen atoms in total. The van der Waals surface area contributed by atoms with Gasteiger partial charge in [-0.25, -0.2) is 4.98 Å². The van der Waals surface area contributed by atoms with Gasteiger partial charge in [-0.1, -0.05) is 18.2 Å². The van der Waals surface area contributed by atoms with Crippen molar-refractivity contribution in [3.63, 3.8) is 0 Å². The number of aryl methyl sites for hydroxylation is 1. The van der Waals surface area contributed by atoms with Crippen LogP contribution in [0.4, 0.5) is 5.82 Å². The molecule has 0 radical (unpaired) electrons. The molecule has 1 fully saturated rings. The maximum Gasteiger partial charge on any atom is 0.224 e. The van der Waals surface area contributed by atoms with E-state index in [0.717, 1.165) is 41.7 Å². The van der Waals surface area contributed by atoms with E-state index in [2.05, 4.69) is 15.4 Å². The molecule has 0 spiro atoms. The van der Waals surface area contributed by atoms with Gasteiger partial charge in [-0.3, -0.25) is 9.48 Å². The third-order valence-electron chi connectivity index (χ3n) is 5.09. The molecule has 1 amide bonds. The molecule has 1 aliphatic heterocycles. The van der Waals surface area contributed by atoms with Crippen molar-refractivity contribution in [3.8, 4) is 0 Å². The summed E-state index contributed by atoms with van der Waals surface area (Å²) in [5.74, 6) is 1.03. The number of amides is 1. The number of nitrogens with zero attached hydrogens (tertiary/aromatic N) is 4. The molecule has 134 valence electrons. The molecule has 1 unspecified atom stereocenters. The van der Waals surface area contributed by atoms with E-state index in [9.17, 15) is 4.79 Å². The van der Waals surface area contributed by atoms with Gasteiger partial charge in [0.1, 0.15) is 5.82 Å². The maximum atomic E-state index is 12.9. The van der Waals surface area contributed by atoms with Crippen molar-refractivity contribution in [2.45, 2.75) is 31.8 Å². The Bertz CT molecular complexity index is 919. The van der Waals surface area contributed by atoms with E-state index in [1.165, 1.54) is 0 Å². The molecule has 26 heavy (non-hydrogen) atoms. The van der Waals surface area contributed by atoms with E-state index in [0.29, 0.717) is 13.0 Å². The SMILES string of the molecule is CNc1cc(C2CCCN2C(=O)CCn2ncc3ccccc32)ccn1. The summed E-state index contributed by atoms with van der Waals surface area (Å²) in [6, 6.07) is 12.3. The molecule has 1 atom stereocenters. The van der Waals surface area contributed by atoms with Crippen LogP contribution >= 0.6 is 0 Å². The molecule has 1 aliphatic rings. The molecule has 1 aromatic carbocycles. The zero-order chi connectivity index (χ0) is 17.9. The number of fused-ring (bicyclic) bond motifs is 1. The number of likely N-dealkylation sites (tertiary alicyclic amines) is 1. The van der Waals surface area contributed by atoms with Gasteiger partial charge in [0.05, 0.1) is 24.3 Å². The average molecular weight is 349 g/mol. The van der Waals surface area contributed by atoms with Gasteiger partial charge < -0.3 is 10.2 Å². The Morgan fingerprint density at radius 2 is 2.19 bits per heavy atom. The molecule has 3 aromatic rings. The van der Waals surface area contributed by atoms with Crippen molar-refractivity contribution in [3.05, 3.63) is 54.4 Å². The van der Waals surface area contributed by atoms with Crippen LogP contribution in [0.3, 0.4) is 0 Å². The highest BCUT2D eigenvalue weighted by molar-refractivity contribution is 5.79. The largest absolute Gasteiger partial charge is 0.373 e. The molecule has 1 N–H and O–H groups in total. The lowest BCUT2D eigenvalue weighted by Gasteiger charge is -2.25. The Balaban J connectivity index is 1.46. The summed E-state index contributed by atoms with van der Waals surface area (Å²) < 4.78 is 1.92. The molecule has 2 aromatic heterocycles. The van der Waals surface area contributed by atoms with Gasteiger partial charge in [-0.05, 0) is 36.6 Å². The zero-order valence-electron chi connectivity index (χ0n) is 14.9. The minimum Gasteiger partial charge on any atom is -0.373 e. The van der Waals surface area contributed by atoms with Crippen LogP contribution in [-0.2, 0) is 11.3 Å². The summed E-state index contributed by atoms with van der Waals surface area (Å²) in [6.07, 6.45) is 6.17. The van der Waals surface area contributed by atoms with E-state index in [1.54, 1.807) is 6.20 Å². The number of carbonyl (C=O) groups excluding carboxylic acids is 1. The van der Waals surface area contributed by atoms with E-state index in [1.807, 2.05) is 59.2 Å². The van der Waals surface area contributed by atoms with Crippen LogP contribution in [0, 0.1) is 0 Å². The third-order valence-corrected chi connectivity index (χ3v) is 5.09. The Hall–Kier alpha value is -2.89. The van der Waals surface area contributed by atoms with E-state index in [4.69, 9.17) is 0 Å². The minimum absolute atomic E-state index is 0.145. The lowest BCUT2D eigenvalue weighted by atomic mass is 10.1. The first-order valence-electron chi connectivity index (χ1n) is 9.10. The van der Waals surface area contributed by atoms with Gasteiger partial charge in [0.15, 0.2) is 0 Å². The first-order chi connectivity index (χ1) is 12.8. The Kier molecular flexibility index (Phi) is 4.56. The lowest BCUT2D eigenvalue weighted by Crippen LogP contribution is -2.31. The number of pyridine rings is 1. The predicted octanol–water partition coefficient (Wildman–Crippen LogP) is 3.23. The summed E-state index contributed by atoms with van der Waals surface area (Å²) in [5, 5.41) is 8.60. The molecule has 3 heterocycles. The predicted molar refractivity (Wildman–Crippen MR) is 102 cm³/mol. The topological polar surface area (TPSA) is 63.1 Å². The number of hydrogen-bond acceptors (Lipinski definition) is 4. The van der Waals surface area contributed by atoms with Crippen molar-refractivity contribution in [1.29, 1.82) is 0 Å². The van der Waals surface area contributed by atoms with Crippen LogP contribution in [0.15, 0.2) is 48.8 Å². The first-order valence-corrected chi connectivity index (χ1v) is 9.10. The van der Waals surface area contributed by atoms with Crippen LogP contribution in [-0.4, -0.2) is 39.2 Å². The summed E-state index contributed by atoms with van der Waals surface area (Å²) in [7, 11) is 1.86. The smallest absolute Gasteiger partial charge is 0.224 e. The van der Waals surface area contributed by atoms with Gasteiger partial charge in [0.2, 0.25) is 5.91 Å². The second-order valence-electron chi connectivity index (χ2n) is 6.65. The van der Waals surface area contributed by atoms with Gasteiger partial charge in [-0.2, -0.15) is 5.10 Å². The highest BCUT2D eigenvalue weighted by Crippen LogP contribution is 2.33. The van der Waals surface area contributed by atoms with Crippen molar-refractivity contribution < 1.29 is 4.79 Å².